The van der Waals surface area contributed by atoms with E-state index in [9.17, 15) is 0 Å². The van der Waals surface area contributed by atoms with Gasteiger partial charge in [-0.05, 0) is 25.5 Å². The van der Waals surface area contributed by atoms with E-state index in [4.69, 9.17) is 5.73 Å². The molecule has 0 radical (unpaired) electrons. The molecule has 0 saturated heterocycles. The van der Waals surface area contributed by atoms with Crippen molar-refractivity contribution in [3.63, 3.8) is 0 Å². The molecule has 0 spiro atoms. The van der Waals surface area contributed by atoms with Crippen LogP contribution in [0.2, 0.25) is 0 Å². The molecule has 0 atom stereocenters. The summed E-state index contributed by atoms with van der Waals surface area (Å²) in [5.41, 5.74) is 5.69. The summed E-state index contributed by atoms with van der Waals surface area (Å²) in [6, 6.07) is 4.23. The van der Waals surface area contributed by atoms with Crippen LogP contribution in [0.3, 0.4) is 0 Å². The van der Waals surface area contributed by atoms with E-state index in [1.165, 1.54) is 9.75 Å². The van der Waals surface area contributed by atoms with Gasteiger partial charge in [0.1, 0.15) is 0 Å². The van der Waals surface area contributed by atoms with Crippen molar-refractivity contribution in [2.45, 2.75) is 33.2 Å². The van der Waals surface area contributed by atoms with E-state index in [1.54, 1.807) is 11.3 Å². The third kappa shape index (κ3) is 3.59. The molecule has 3 heteroatoms. The molecule has 13 heavy (non-hydrogen) atoms. The zero-order valence-corrected chi connectivity index (χ0v) is 9.03. The first-order valence-electron chi connectivity index (χ1n) is 4.56. The lowest BCUT2D eigenvalue weighted by molar-refractivity contribution is 0.959. The van der Waals surface area contributed by atoms with Gasteiger partial charge in [-0.15, -0.1) is 11.3 Å². The Balaban J connectivity index is 2.46. The second-order valence-electron chi connectivity index (χ2n) is 3.07. The van der Waals surface area contributed by atoms with Gasteiger partial charge in [0.15, 0.2) is 0 Å². The minimum Gasteiger partial charge on any atom is -0.387 e. The Labute approximate surface area is 83.5 Å². The van der Waals surface area contributed by atoms with E-state index in [2.05, 4.69) is 31.0 Å². The van der Waals surface area contributed by atoms with E-state index in [0.717, 1.165) is 25.2 Å². The number of aryl methyl sites for hydroxylation is 1. The quantitative estimate of drug-likeness (QED) is 0.583. The summed E-state index contributed by atoms with van der Waals surface area (Å²) in [5, 5.41) is 0. The number of hydrogen-bond acceptors (Lipinski definition) is 2. The summed E-state index contributed by atoms with van der Waals surface area (Å²) < 4.78 is 0. The third-order valence-electron chi connectivity index (χ3n) is 1.74. The van der Waals surface area contributed by atoms with Gasteiger partial charge in [0.25, 0.3) is 0 Å². The Morgan fingerprint density at radius 2 is 2.31 bits per heavy atom. The highest BCUT2D eigenvalue weighted by atomic mass is 32.1. The van der Waals surface area contributed by atoms with Crippen LogP contribution < -0.4 is 5.73 Å². The molecule has 2 nitrogen and oxygen atoms in total. The maximum absolute atomic E-state index is 5.69. The van der Waals surface area contributed by atoms with Crippen molar-refractivity contribution in [2.24, 2.45) is 10.7 Å². The van der Waals surface area contributed by atoms with Crippen molar-refractivity contribution in [1.29, 1.82) is 0 Å². The number of amidine groups is 1. The lowest BCUT2D eigenvalue weighted by atomic mass is 10.3. The first-order chi connectivity index (χ1) is 6.22. The van der Waals surface area contributed by atoms with Crippen LogP contribution in [-0.4, -0.2) is 5.84 Å². The van der Waals surface area contributed by atoms with Crippen LogP contribution in [-0.2, 0) is 6.54 Å². The summed E-state index contributed by atoms with van der Waals surface area (Å²) in [7, 11) is 0. The van der Waals surface area contributed by atoms with Gasteiger partial charge in [0.05, 0.1) is 12.4 Å². The Hall–Kier alpha value is -0.830. The zero-order valence-electron chi connectivity index (χ0n) is 8.21. The number of hydrogen-bond donors (Lipinski definition) is 1. The van der Waals surface area contributed by atoms with E-state index in [-0.39, 0.29) is 0 Å². The number of aliphatic imine (C=N–C) groups is 1. The van der Waals surface area contributed by atoms with E-state index < -0.39 is 0 Å². The summed E-state index contributed by atoms with van der Waals surface area (Å²) in [5.74, 6) is 0.772. The molecule has 1 rings (SSSR count). The normalized spacial score (nSPS) is 12.0. The van der Waals surface area contributed by atoms with Gasteiger partial charge < -0.3 is 5.73 Å². The summed E-state index contributed by atoms with van der Waals surface area (Å²) in [6.45, 7) is 4.95. The highest BCUT2D eigenvalue weighted by Crippen LogP contribution is 2.15. The fourth-order valence-corrected chi connectivity index (χ4v) is 1.90. The second kappa shape index (κ2) is 5.02. The van der Waals surface area contributed by atoms with E-state index in [0.29, 0.717) is 0 Å². The molecule has 0 unspecified atom stereocenters. The highest BCUT2D eigenvalue weighted by Gasteiger charge is 1.95. The molecule has 0 aliphatic rings. The molecule has 0 aliphatic heterocycles. The lowest BCUT2D eigenvalue weighted by Gasteiger charge is -1.96. The number of nitrogens with two attached hydrogens (primary N) is 1. The van der Waals surface area contributed by atoms with Crippen LogP contribution in [0.1, 0.15) is 29.5 Å². The molecular weight excluding hydrogens is 180 g/mol. The lowest BCUT2D eigenvalue weighted by Crippen LogP contribution is -2.10. The molecule has 0 bridgehead atoms. The Bertz CT molecular complexity index is 289. The van der Waals surface area contributed by atoms with Gasteiger partial charge in [0, 0.05) is 16.2 Å². The molecule has 0 amide bonds. The van der Waals surface area contributed by atoms with Crippen molar-refractivity contribution in [2.75, 3.05) is 0 Å². The van der Waals surface area contributed by atoms with Crippen molar-refractivity contribution >= 4 is 17.2 Å². The maximum Gasteiger partial charge on any atom is 0.0941 e. The summed E-state index contributed by atoms with van der Waals surface area (Å²) in [6.07, 6.45) is 1.98. The maximum atomic E-state index is 5.69. The summed E-state index contributed by atoms with van der Waals surface area (Å²) in [4.78, 5) is 6.92. The molecule has 0 fully saturated rings. The number of thiophene rings is 1. The van der Waals surface area contributed by atoms with Crippen molar-refractivity contribution in [3.05, 3.63) is 21.9 Å². The Morgan fingerprint density at radius 3 is 2.85 bits per heavy atom. The number of rotatable bonds is 4. The van der Waals surface area contributed by atoms with Crippen LogP contribution in [0.4, 0.5) is 0 Å². The molecule has 72 valence electrons. The van der Waals surface area contributed by atoms with Gasteiger partial charge in [-0.1, -0.05) is 6.92 Å². The van der Waals surface area contributed by atoms with Crippen LogP contribution in [0.25, 0.3) is 0 Å². The average Bonchev–Trinajstić information content (AvgIpc) is 2.49. The topological polar surface area (TPSA) is 38.4 Å². The molecule has 1 aromatic rings. The fourth-order valence-electron chi connectivity index (χ4n) is 1.08. The predicted octanol–water partition coefficient (Wildman–Crippen LogP) is 2.71. The van der Waals surface area contributed by atoms with Gasteiger partial charge in [-0.2, -0.15) is 0 Å². The standard InChI is InChI=1S/C10H16N2S/c1-3-4-10(11)12-7-9-6-5-8(2)13-9/h5-6H,3-4,7H2,1-2H3,(H2,11,12). The van der Waals surface area contributed by atoms with Crippen LogP contribution in [0, 0.1) is 6.92 Å². The first kappa shape index (κ1) is 10.3. The van der Waals surface area contributed by atoms with E-state index in [1.807, 2.05) is 0 Å². The molecule has 2 N–H and O–H groups in total. The van der Waals surface area contributed by atoms with Gasteiger partial charge >= 0.3 is 0 Å². The highest BCUT2D eigenvalue weighted by molar-refractivity contribution is 7.11. The average molecular weight is 196 g/mol. The minimum absolute atomic E-state index is 0.740. The molecule has 0 aliphatic carbocycles. The van der Waals surface area contributed by atoms with Gasteiger partial charge in [-0.3, -0.25) is 4.99 Å². The molecule has 1 aromatic heterocycles. The van der Waals surface area contributed by atoms with Gasteiger partial charge in [-0.25, -0.2) is 0 Å². The third-order valence-corrected chi connectivity index (χ3v) is 2.73. The van der Waals surface area contributed by atoms with Crippen LogP contribution >= 0.6 is 11.3 Å². The largest absolute Gasteiger partial charge is 0.387 e. The van der Waals surface area contributed by atoms with Crippen molar-refractivity contribution in [3.8, 4) is 0 Å². The second-order valence-corrected chi connectivity index (χ2v) is 4.44. The van der Waals surface area contributed by atoms with Crippen molar-refractivity contribution in [1.82, 2.24) is 0 Å². The number of nitrogens with zero attached hydrogens (tertiary/aromatic N) is 1. The molecule has 0 saturated carbocycles. The predicted molar refractivity (Wildman–Crippen MR) is 59.3 cm³/mol. The zero-order chi connectivity index (χ0) is 9.68. The monoisotopic (exact) mass is 196 g/mol. The smallest absolute Gasteiger partial charge is 0.0941 e. The Kier molecular flexibility index (Phi) is 3.96. The van der Waals surface area contributed by atoms with Crippen molar-refractivity contribution < 1.29 is 0 Å². The summed E-state index contributed by atoms with van der Waals surface area (Å²) >= 11 is 1.79. The first-order valence-corrected chi connectivity index (χ1v) is 5.38. The molecule has 0 aromatic carbocycles. The SMILES string of the molecule is CCCC(N)=NCc1ccc(C)s1. The van der Waals surface area contributed by atoms with E-state index >= 15 is 0 Å². The minimum atomic E-state index is 0.740. The molecule has 1 heterocycles. The van der Waals surface area contributed by atoms with Gasteiger partial charge in [0.2, 0.25) is 0 Å². The molecular formula is C10H16N2S. The van der Waals surface area contributed by atoms with Crippen LogP contribution in [0.15, 0.2) is 17.1 Å². The Morgan fingerprint density at radius 1 is 1.54 bits per heavy atom. The van der Waals surface area contributed by atoms with Crippen LogP contribution in [0.5, 0.6) is 0 Å². The fraction of sp³-hybridized carbons (Fsp3) is 0.500.